The fourth-order valence-electron chi connectivity index (χ4n) is 2.70. The van der Waals surface area contributed by atoms with Crippen molar-refractivity contribution in [1.82, 2.24) is 9.88 Å². The number of nitrogens with zero attached hydrogens (tertiary/aromatic N) is 2. The summed E-state index contributed by atoms with van der Waals surface area (Å²) in [6, 6.07) is 4.05. The Morgan fingerprint density at radius 3 is 2.47 bits per heavy atom. The van der Waals surface area contributed by atoms with Crippen LogP contribution >= 0.6 is 0 Å². The predicted molar refractivity (Wildman–Crippen MR) is 81.5 cm³/mol. The van der Waals surface area contributed by atoms with Gasteiger partial charge >= 0.3 is 0 Å². The van der Waals surface area contributed by atoms with Gasteiger partial charge in [0.1, 0.15) is 0 Å². The second-order valence-electron chi connectivity index (χ2n) is 5.48. The molecular weight excluding hydrogens is 234 g/mol. The average molecular weight is 261 g/mol. The topological polar surface area (TPSA) is 28.2 Å². The van der Waals surface area contributed by atoms with Crippen molar-refractivity contribution >= 4 is 5.69 Å². The molecule has 0 bridgehead atoms. The van der Waals surface area contributed by atoms with Crippen LogP contribution in [-0.2, 0) is 0 Å². The minimum Gasteiger partial charge on any atom is -0.385 e. The largest absolute Gasteiger partial charge is 0.385 e. The van der Waals surface area contributed by atoms with Gasteiger partial charge in [0.25, 0.3) is 0 Å². The number of rotatable bonds is 8. The Morgan fingerprint density at radius 2 is 1.68 bits per heavy atom. The maximum atomic E-state index is 4.01. The number of pyridine rings is 1. The Morgan fingerprint density at radius 1 is 0.947 bits per heavy atom. The van der Waals surface area contributed by atoms with Crippen molar-refractivity contribution in [2.24, 2.45) is 0 Å². The first-order valence-electron chi connectivity index (χ1n) is 7.81. The van der Waals surface area contributed by atoms with E-state index in [0.29, 0.717) is 0 Å². The zero-order valence-electron chi connectivity index (χ0n) is 12.0. The van der Waals surface area contributed by atoms with Gasteiger partial charge in [0, 0.05) is 24.6 Å². The monoisotopic (exact) mass is 261 g/mol. The summed E-state index contributed by atoms with van der Waals surface area (Å²) in [6.45, 7) is 5.07. The van der Waals surface area contributed by atoms with E-state index < -0.39 is 0 Å². The molecule has 19 heavy (non-hydrogen) atoms. The fraction of sp³-hybridized carbons (Fsp3) is 0.688. The van der Waals surface area contributed by atoms with Crippen molar-refractivity contribution in [3.63, 3.8) is 0 Å². The van der Waals surface area contributed by atoms with Gasteiger partial charge in [-0.15, -0.1) is 0 Å². The molecule has 2 rings (SSSR count). The van der Waals surface area contributed by atoms with E-state index in [4.69, 9.17) is 0 Å². The summed E-state index contributed by atoms with van der Waals surface area (Å²) >= 11 is 0. The highest BCUT2D eigenvalue weighted by atomic mass is 15.1. The maximum Gasteiger partial charge on any atom is 0.0371 e. The Bertz CT molecular complexity index is 320. The zero-order valence-corrected chi connectivity index (χ0v) is 12.0. The van der Waals surface area contributed by atoms with Crippen molar-refractivity contribution < 1.29 is 0 Å². The second kappa shape index (κ2) is 8.92. The van der Waals surface area contributed by atoms with Gasteiger partial charge in [-0.25, -0.2) is 0 Å². The Balaban J connectivity index is 1.42. The van der Waals surface area contributed by atoms with Crippen LogP contribution in [0.3, 0.4) is 0 Å². The van der Waals surface area contributed by atoms with Gasteiger partial charge in [0.15, 0.2) is 0 Å². The first-order valence-corrected chi connectivity index (χ1v) is 7.81. The molecule has 3 heteroatoms. The predicted octanol–water partition coefficient (Wildman–Crippen LogP) is 3.54. The number of unbranched alkanes of at least 4 members (excludes halogenated alkanes) is 3. The summed E-state index contributed by atoms with van der Waals surface area (Å²) in [5.74, 6) is 0. The minimum atomic E-state index is 1.08. The lowest BCUT2D eigenvalue weighted by molar-refractivity contribution is 0.224. The molecule has 106 valence electrons. The van der Waals surface area contributed by atoms with E-state index >= 15 is 0 Å². The maximum absolute atomic E-state index is 4.01. The summed E-state index contributed by atoms with van der Waals surface area (Å²) in [5, 5.41) is 3.43. The van der Waals surface area contributed by atoms with E-state index in [1.54, 1.807) is 0 Å². The van der Waals surface area contributed by atoms with Gasteiger partial charge in [0.2, 0.25) is 0 Å². The molecule has 0 unspecified atom stereocenters. The molecule has 0 saturated carbocycles. The molecule has 1 aliphatic heterocycles. The lowest BCUT2D eigenvalue weighted by Gasteiger charge is -2.26. The van der Waals surface area contributed by atoms with E-state index in [2.05, 4.69) is 15.2 Å². The second-order valence-corrected chi connectivity index (χ2v) is 5.48. The van der Waals surface area contributed by atoms with Gasteiger partial charge in [-0.2, -0.15) is 0 Å². The van der Waals surface area contributed by atoms with Crippen LogP contribution in [0, 0.1) is 0 Å². The van der Waals surface area contributed by atoms with Crippen molar-refractivity contribution in [2.75, 3.05) is 31.5 Å². The molecule has 0 spiro atoms. The van der Waals surface area contributed by atoms with Crippen LogP contribution in [0.1, 0.15) is 44.9 Å². The highest BCUT2D eigenvalue weighted by Gasteiger charge is 2.08. The molecule has 1 N–H and O–H groups in total. The molecule has 1 saturated heterocycles. The molecular formula is C16H27N3. The third kappa shape index (κ3) is 6.06. The number of piperidine rings is 1. The Hall–Kier alpha value is -1.09. The van der Waals surface area contributed by atoms with Crippen molar-refractivity contribution in [3.05, 3.63) is 24.5 Å². The average Bonchev–Trinajstić information content (AvgIpc) is 2.48. The zero-order chi connectivity index (χ0) is 13.2. The number of aromatic nitrogens is 1. The first kappa shape index (κ1) is 14.3. The summed E-state index contributed by atoms with van der Waals surface area (Å²) < 4.78 is 0. The van der Waals surface area contributed by atoms with E-state index in [1.165, 1.54) is 70.3 Å². The summed E-state index contributed by atoms with van der Waals surface area (Å²) in [4.78, 5) is 6.65. The molecule has 3 nitrogen and oxygen atoms in total. The molecule has 0 amide bonds. The highest BCUT2D eigenvalue weighted by Crippen LogP contribution is 2.10. The minimum absolute atomic E-state index is 1.08. The van der Waals surface area contributed by atoms with E-state index in [-0.39, 0.29) is 0 Å². The molecule has 0 atom stereocenters. The Kier molecular flexibility index (Phi) is 6.72. The molecule has 1 fully saturated rings. The van der Waals surface area contributed by atoms with Gasteiger partial charge in [-0.05, 0) is 57.5 Å². The fourth-order valence-corrected chi connectivity index (χ4v) is 2.70. The molecule has 1 aliphatic rings. The lowest BCUT2D eigenvalue weighted by atomic mass is 10.1. The summed E-state index contributed by atoms with van der Waals surface area (Å²) in [6.07, 6.45) is 13.3. The van der Waals surface area contributed by atoms with E-state index in [9.17, 15) is 0 Å². The van der Waals surface area contributed by atoms with Gasteiger partial charge < -0.3 is 10.2 Å². The molecule has 0 radical (unpaired) electrons. The molecule has 1 aromatic rings. The van der Waals surface area contributed by atoms with E-state index in [1.807, 2.05) is 24.5 Å². The quantitative estimate of drug-likeness (QED) is 0.725. The van der Waals surface area contributed by atoms with E-state index in [0.717, 1.165) is 6.54 Å². The highest BCUT2D eigenvalue weighted by molar-refractivity contribution is 5.40. The normalized spacial score (nSPS) is 16.4. The van der Waals surface area contributed by atoms with Crippen LogP contribution in [0.5, 0.6) is 0 Å². The van der Waals surface area contributed by atoms with Crippen LogP contribution < -0.4 is 5.32 Å². The van der Waals surface area contributed by atoms with Crippen molar-refractivity contribution in [2.45, 2.75) is 44.9 Å². The van der Waals surface area contributed by atoms with Crippen molar-refractivity contribution in [1.29, 1.82) is 0 Å². The molecule has 0 aliphatic carbocycles. The third-order valence-corrected chi connectivity index (χ3v) is 3.86. The summed E-state index contributed by atoms with van der Waals surface area (Å²) in [7, 11) is 0. The lowest BCUT2D eigenvalue weighted by Crippen LogP contribution is -2.30. The van der Waals surface area contributed by atoms with Crippen LogP contribution in [-0.4, -0.2) is 36.1 Å². The SMILES string of the molecule is c1cc(NCCCCCCN2CCCCC2)ccn1. The standard InChI is InChI=1S/C16H27N3/c1(2-5-13-19-14-6-3-7-15-19)4-10-18-16-8-11-17-12-9-16/h8-9,11-12H,1-7,10,13-15H2,(H,17,18). The van der Waals surface area contributed by atoms with Gasteiger partial charge in [-0.3, -0.25) is 4.98 Å². The first-order chi connectivity index (χ1) is 9.45. The summed E-state index contributed by atoms with van der Waals surface area (Å²) in [5.41, 5.74) is 1.18. The van der Waals surface area contributed by atoms with Gasteiger partial charge in [-0.1, -0.05) is 19.3 Å². The van der Waals surface area contributed by atoms with Crippen LogP contribution in [0.15, 0.2) is 24.5 Å². The number of hydrogen-bond donors (Lipinski definition) is 1. The van der Waals surface area contributed by atoms with Crippen LogP contribution in [0.2, 0.25) is 0 Å². The molecule has 0 aromatic carbocycles. The molecule has 2 heterocycles. The van der Waals surface area contributed by atoms with Crippen LogP contribution in [0.4, 0.5) is 5.69 Å². The number of hydrogen-bond acceptors (Lipinski definition) is 3. The third-order valence-electron chi connectivity index (χ3n) is 3.86. The number of anilines is 1. The molecule has 1 aromatic heterocycles. The Labute approximate surface area is 117 Å². The number of likely N-dealkylation sites (tertiary alicyclic amines) is 1. The van der Waals surface area contributed by atoms with Gasteiger partial charge in [0.05, 0.1) is 0 Å². The van der Waals surface area contributed by atoms with Crippen LogP contribution in [0.25, 0.3) is 0 Å². The smallest absolute Gasteiger partial charge is 0.0371 e. The van der Waals surface area contributed by atoms with Crippen molar-refractivity contribution in [3.8, 4) is 0 Å². The number of nitrogens with one attached hydrogen (secondary N) is 1.